The molecule has 1 N–H and O–H groups in total. The summed E-state index contributed by atoms with van der Waals surface area (Å²) in [5, 5.41) is 2.83. The lowest BCUT2D eigenvalue weighted by Crippen LogP contribution is -2.25. The molecule has 0 bridgehead atoms. The standard InChI is InChI=1S/C19H33NO3/c1-3-5-6-7-8-9-10-11-12-13-16-20-18(21)14-15-19(22)23-17-4-2/h2H,3,5-17H2,1H3,(H,20,21). The topological polar surface area (TPSA) is 55.4 Å². The Morgan fingerprint density at radius 1 is 0.913 bits per heavy atom. The number of rotatable bonds is 15. The smallest absolute Gasteiger partial charge is 0.307 e. The number of esters is 1. The summed E-state index contributed by atoms with van der Waals surface area (Å²) >= 11 is 0. The molecule has 0 spiro atoms. The fourth-order valence-electron chi connectivity index (χ4n) is 2.34. The Kier molecular flexibility index (Phi) is 15.8. The normalized spacial score (nSPS) is 10.1. The van der Waals surface area contributed by atoms with Gasteiger partial charge < -0.3 is 10.1 Å². The third-order valence-electron chi connectivity index (χ3n) is 3.73. The summed E-state index contributed by atoms with van der Waals surface area (Å²) in [6.07, 6.45) is 18.0. The number of nitrogens with one attached hydrogen (secondary N) is 1. The van der Waals surface area contributed by atoms with Crippen LogP contribution in [0.15, 0.2) is 0 Å². The fraction of sp³-hybridized carbons (Fsp3) is 0.789. The van der Waals surface area contributed by atoms with Crippen LogP contribution >= 0.6 is 0 Å². The summed E-state index contributed by atoms with van der Waals surface area (Å²) in [7, 11) is 0. The Balaban J connectivity index is 3.26. The van der Waals surface area contributed by atoms with Crippen LogP contribution < -0.4 is 5.32 Å². The second-order valence-corrected chi connectivity index (χ2v) is 5.90. The maximum Gasteiger partial charge on any atom is 0.307 e. The quantitative estimate of drug-likeness (QED) is 0.282. The minimum atomic E-state index is -0.419. The highest BCUT2D eigenvalue weighted by Crippen LogP contribution is 2.10. The van der Waals surface area contributed by atoms with E-state index < -0.39 is 5.97 Å². The predicted molar refractivity (Wildman–Crippen MR) is 93.9 cm³/mol. The van der Waals surface area contributed by atoms with E-state index >= 15 is 0 Å². The summed E-state index contributed by atoms with van der Waals surface area (Å²) in [6.45, 7) is 2.90. The molecule has 132 valence electrons. The van der Waals surface area contributed by atoms with Gasteiger partial charge in [0.05, 0.1) is 6.42 Å². The molecule has 0 fully saturated rings. The highest BCUT2D eigenvalue weighted by Gasteiger charge is 2.06. The van der Waals surface area contributed by atoms with Gasteiger partial charge in [0.25, 0.3) is 0 Å². The van der Waals surface area contributed by atoms with Crippen molar-refractivity contribution in [3.63, 3.8) is 0 Å². The molecule has 1 amide bonds. The zero-order valence-electron chi connectivity index (χ0n) is 14.7. The molecule has 0 heterocycles. The van der Waals surface area contributed by atoms with Crippen LogP contribution in [0.3, 0.4) is 0 Å². The molecule has 0 aromatic rings. The van der Waals surface area contributed by atoms with Gasteiger partial charge in [0, 0.05) is 13.0 Å². The Morgan fingerprint density at radius 2 is 1.48 bits per heavy atom. The molecule has 0 aromatic carbocycles. The Hall–Kier alpha value is -1.50. The first-order chi connectivity index (χ1) is 11.2. The monoisotopic (exact) mass is 323 g/mol. The van der Waals surface area contributed by atoms with Crippen molar-refractivity contribution in [1.29, 1.82) is 0 Å². The number of hydrogen-bond acceptors (Lipinski definition) is 3. The minimum absolute atomic E-state index is 0.0287. The van der Waals surface area contributed by atoms with Crippen LogP contribution in [0, 0.1) is 12.3 Å². The fourth-order valence-corrected chi connectivity index (χ4v) is 2.34. The van der Waals surface area contributed by atoms with E-state index in [0.717, 1.165) is 12.8 Å². The number of hydrogen-bond donors (Lipinski definition) is 1. The molecule has 0 aliphatic heterocycles. The van der Waals surface area contributed by atoms with Crippen molar-refractivity contribution in [1.82, 2.24) is 5.32 Å². The van der Waals surface area contributed by atoms with E-state index in [0.29, 0.717) is 6.54 Å². The van der Waals surface area contributed by atoms with Gasteiger partial charge in [0.1, 0.15) is 0 Å². The van der Waals surface area contributed by atoms with E-state index in [2.05, 4.69) is 18.2 Å². The molecular weight excluding hydrogens is 290 g/mol. The molecule has 0 rings (SSSR count). The van der Waals surface area contributed by atoms with Crippen LogP contribution in [-0.4, -0.2) is 25.0 Å². The molecule has 23 heavy (non-hydrogen) atoms. The van der Waals surface area contributed by atoms with Crippen molar-refractivity contribution in [3.05, 3.63) is 0 Å². The first-order valence-electron chi connectivity index (χ1n) is 9.06. The van der Waals surface area contributed by atoms with Gasteiger partial charge in [-0.05, 0) is 6.42 Å². The summed E-state index contributed by atoms with van der Waals surface area (Å²) < 4.78 is 4.70. The van der Waals surface area contributed by atoms with Gasteiger partial charge in [-0.2, -0.15) is 0 Å². The Bertz CT molecular complexity index is 347. The van der Waals surface area contributed by atoms with Crippen LogP contribution in [0.5, 0.6) is 0 Å². The van der Waals surface area contributed by atoms with Crippen LogP contribution in [-0.2, 0) is 14.3 Å². The number of unbranched alkanes of at least 4 members (excludes halogenated alkanes) is 9. The number of amides is 1. The van der Waals surface area contributed by atoms with E-state index in [9.17, 15) is 9.59 Å². The summed E-state index contributed by atoms with van der Waals surface area (Å²) in [6, 6.07) is 0. The number of ether oxygens (including phenoxy) is 1. The molecule has 0 saturated carbocycles. The van der Waals surface area contributed by atoms with E-state index in [4.69, 9.17) is 11.2 Å². The number of carbonyl (C=O) groups excluding carboxylic acids is 2. The van der Waals surface area contributed by atoms with Crippen molar-refractivity contribution in [3.8, 4) is 12.3 Å². The van der Waals surface area contributed by atoms with E-state index in [1.165, 1.54) is 51.4 Å². The van der Waals surface area contributed by atoms with Gasteiger partial charge in [-0.3, -0.25) is 9.59 Å². The van der Waals surface area contributed by atoms with Gasteiger partial charge in [-0.25, -0.2) is 0 Å². The lowest BCUT2D eigenvalue weighted by Gasteiger charge is -2.05. The molecule has 0 saturated heterocycles. The van der Waals surface area contributed by atoms with Crippen molar-refractivity contribution in [2.45, 2.75) is 84.0 Å². The maximum atomic E-state index is 11.5. The molecule has 0 unspecified atom stereocenters. The van der Waals surface area contributed by atoms with Gasteiger partial charge in [-0.15, -0.1) is 6.42 Å². The summed E-state index contributed by atoms with van der Waals surface area (Å²) in [4.78, 5) is 22.7. The van der Waals surface area contributed by atoms with Crippen molar-refractivity contribution >= 4 is 11.9 Å². The Labute approximate surface area is 141 Å². The molecule has 0 aromatic heterocycles. The van der Waals surface area contributed by atoms with E-state index in [1.54, 1.807) is 0 Å². The number of terminal acetylenes is 1. The molecule has 4 heteroatoms. The second-order valence-electron chi connectivity index (χ2n) is 5.90. The average molecular weight is 323 g/mol. The van der Waals surface area contributed by atoms with Gasteiger partial charge in [0.2, 0.25) is 5.91 Å². The summed E-state index contributed by atoms with van der Waals surface area (Å²) in [5.41, 5.74) is 0. The highest BCUT2D eigenvalue weighted by molar-refractivity contribution is 5.81. The SMILES string of the molecule is C#CCOC(=O)CCC(=O)NCCCCCCCCCCCC. The molecule has 0 aliphatic carbocycles. The number of carbonyl (C=O) groups is 2. The van der Waals surface area contributed by atoms with Crippen molar-refractivity contribution < 1.29 is 14.3 Å². The Morgan fingerprint density at radius 3 is 2.04 bits per heavy atom. The molecule has 0 atom stereocenters. The lowest BCUT2D eigenvalue weighted by atomic mass is 10.1. The average Bonchev–Trinajstić information content (AvgIpc) is 2.56. The summed E-state index contributed by atoms with van der Waals surface area (Å²) in [5.74, 6) is 1.70. The van der Waals surface area contributed by atoms with Crippen LogP contribution in [0.2, 0.25) is 0 Å². The molecule has 0 aliphatic rings. The largest absolute Gasteiger partial charge is 0.452 e. The maximum absolute atomic E-state index is 11.5. The van der Waals surface area contributed by atoms with Crippen LogP contribution in [0.4, 0.5) is 0 Å². The van der Waals surface area contributed by atoms with Crippen LogP contribution in [0.1, 0.15) is 84.0 Å². The minimum Gasteiger partial charge on any atom is -0.452 e. The zero-order valence-corrected chi connectivity index (χ0v) is 14.7. The molecule has 4 nitrogen and oxygen atoms in total. The highest BCUT2D eigenvalue weighted by atomic mass is 16.5. The van der Waals surface area contributed by atoms with E-state index in [1.807, 2.05) is 0 Å². The third-order valence-corrected chi connectivity index (χ3v) is 3.73. The first-order valence-corrected chi connectivity index (χ1v) is 9.06. The zero-order chi connectivity index (χ0) is 17.2. The van der Waals surface area contributed by atoms with Crippen molar-refractivity contribution in [2.24, 2.45) is 0 Å². The predicted octanol–water partition coefficient (Wildman–Crippen LogP) is 3.98. The van der Waals surface area contributed by atoms with Gasteiger partial charge in [0.15, 0.2) is 6.61 Å². The van der Waals surface area contributed by atoms with Gasteiger partial charge >= 0.3 is 5.97 Å². The molecular formula is C19H33NO3. The second kappa shape index (κ2) is 16.9. The third kappa shape index (κ3) is 16.7. The molecule has 0 radical (unpaired) electrons. The lowest BCUT2D eigenvalue weighted by molar-refractivity contribution is -0.143. The van der Waals surface area contributed by atoms with Crippen molar-refractivity contribution in [2.75, 3.05) is 13.2 Å². The van der Waals surface area contributed by atoms with Crippen LogP contribution in [0.25, 0.3) is 0 Å². The van der Waals surface area contributed by atoms with Gasteiger partial charge in [-0.1, -0.05) is 70.6 Å². The van der Waals surface area contributed by atoms with E-state index in [-0.39, 0.29) is 25.4 Å². The first kappa shape index (κ1) is 21.5.